The molecule has 0 unspecified atom stereocenters. The number of esters is 1. The van der Waals surface area contributed by atoms with Crippen molar-refractivity contribution >= 4 is 11.7 Å². The summed E-state index contributed by atoms with van der Waals surface area (Å²) in [6.07, 6.45) is 0. The summed E-state index contributed by atoms with van der Waals surface area (Å²) in [4.78, 5) is 14.7. The molecule has 1 aromatic rings. The van der Waals surface area contributed by atoms with Crippen LogP contribution >= 0.6 is 0 Å². The number of aromatic nitrogens is 1. The van der Waals surface area contributed by atoms with Crippen molar-refractivity contribution < 1.29 is 9.53 Å². The molecule has 0 saturated heterocycles. The molecule has 1 aromatic heterocycles. The van der Waals surface area contributed by atoms with Gasteiger partial charge in [-0.1, -0.05) is 0 Å². The molecule has 14 heavy (non-hydrogen) atoms. The molecular formula is C10H12N2O2. The van der Waals surface area contributed by atoms with Crippen LogP contribution in [0.15, 0.2) is 0 Å². The normalized spacial score (nSPS) is 9.64. The zero-order valence-corrected chi connectivity index (χ0v) is 8.71. The van der Waals surface area contributed by atoms with Gasteiger partial charge in [-0.25, -0.2) is 9.64 Å². The third-order valence-electron chi connectivity index (χ3n) is 2.45. The zero-order chi connectivity index (χ0) is 10.9. The molecule has 0 bridgehead atoms. The first-order valence-electron chi connectivity index (χ1n) is 4.16. The summed E-state index contributed by atoms with van der Waals surface area (Å²) < 4.78 is 6.45. The van der Waals surface area contributed by atoms with Crippen LogP contribution in [-0.4, -0.2) is 17.6 Å². The molecule has 4 nitrogen and oxygen atoms in total. The highest BCUT2D eigenvalue weighted by Gasteiger charge is 2.21. The minimum Gasteiger partial charge on any atom is -0.466 e. The largest absolute Gasteiger partial charge is 0.466 e. The van der Waals surface area contributed by atoms with E-state index in [4.69, 9.17) is 6.57 Å². The Morgan fingerprint density at radius 2 is 2.00 bits per heavy atom. The third kappa shape index (κ3) is 1.27. The van der Waals surface area contributed by atoms with Crippen LogP contribution in [0, 0.1) is 20.4 Å². The minimum absolute atomic E-state index is 0.377. The van der Waals surface area contributed by atoms with Crippen LogP contribution in [0.5, 0.6) is 0 Å². The minimum atomic E-state index is -0.447. The van der Waals surface area contributed by atoms with Gasteiger partial charge in [-0.2, -0.15) is 0 Å². The lowest BCUT2D eigenvalue weighted by Crippen LogP contribution is -2.03. The van der Waals surface area contributed by atoms with Gasteiger partial charge < -0.3 is 9.30 Å². The Hall–Kier alpha value is -1.76. The second-order valence-corrected chi connectivity index (χ2v) is 3.06. The molecule has 0 spiro atoms. The van der Waals surface area contributed by atoms with E-state index in [2.05, 4.69) is 9.58 Å². The van der Waals surface area contributed by atoms with Gasteiger partial charge in [0.2, 0.25) is 5.69 Å². The molecule has 0 aromatic carbocycles. The lowest BCUT2D eigenvalue weighted by molar-refractivity contribution is 0.0601. The van der Waals surface area contributed by atoms with E-state index < -0.39 is 5.97 Å². The van der Waals surface area contributed by atoms with E-state index in [9.17, 15) is 4.79 Å². The lowest BCUT2D eigenvalue weighted by Gasteiger charge is -2.00. The van der Waals surface area contributed by atoms with E-state index in [1.54, 1.807) is 6.92 Å². The van der Waals surface area contributed by atoms with Crippen molar-refractivity contribution in [3.05, 3.63) is 28.4 Å². The number of methoxy groups -OCH3 is 1. The van der Waals surface area contributed by atoms with Crippen molar-refractivity contribution in [3.8, 4) is 0 Å². The topological polar surface area (TPSA) is 35.6 Å². The van der Waals surface area contributed by atoms with Gasteiger partial charge in [0.25, 0.3) is 0 Å². The van der Waals surface area contributed by atoms with Crippen molar-refractivity contribution in [2.75, 3.05) is 7.11 Å². The van der Waals surface area contributed by atoms with Crippen LogP contribution in [0.2, 0.25) is 0 Å². The standard InChI is InChI=1S/C10H12N2O2/c1-6-8(10(13)14-5)9(11-3)7(2)12(6)4/h1-2,4-5H3. The molecule has 0 amide bonds. The first-order valence-corrected chi connectivity index (χ1v) is 4.16. The average molecular weight is 192 g/mol. The number of rotatable bonds is 1. The van der Waals surface area contributed by atoms with Crippen molar-refractivity contribution in [1.82, 2.24) is 4.57 Å². The number of nitrogens with zero attached hydrogens (tertiary/aromatic N) is 2. The Morgan fingerprint density at radius 1 is 1.43 bits per heavy atom. The van der Waals surface area contributed by atoms with Gasteiger partial charge in [-0.15, -0.1) is 0 Å². The first kappa shape index (κ1) is 10.3. The van der Waals surface area contributed by atoms with Gasteiger partial charge in [0.15, 0.2) is 0 Å². The second-order valence-electron chi connectivity index (χ2n) is 3.06. The van der Waals surface area contributed by atoms with E-state index in [0.29, 0.717) is 11.3 Å². The lowest BCUT2D eigenvalue weighted by atomic mass is 10.2. The molecule has 1 rings (SSSR count). The summed E-state index contributed by atoms with van der Waals surface area (Å²) in [5.74, 6) is -0.447. The van der Waals surface area contributed by atoms with Gasteiger partial charge in [0.1, 0.15) is 0 Å². The second kappa shape index (κ2) is 3.54. The molecular weight excluding hydrogens is 180 g/mol. The van der Waals surface area contributed by atoms with Gasteiger partial charge in [0.05, 0.1) is 19.2 Å². The van der Waals surface area contributed by atoms with Crippen LogP contribution < -0.4 is 0 Å². The van der Waals surface area contributed by atoms with Crippen molar-refractivity contribution in [2.24, 2.45) is 7.05 Å². The fourth-order valence-electron chi connectivity index (χ4n) is 1.41. The highest BCUT2D eigenvalue weighted by molar-refractivity contribution is 5.98. The molecule has 0 radical (unpaired) electrons. The fraction of sp³-hybridized carbons (Fsp3) is 0.400. The van der Waals surface area contributed by atoms with Crippen molar-refractivity contribution in [3.63, 3.8) is 0 Å². The van der Waals surface area contributed by atoms with Gasteiger partial charge in [-0.3, -0.25) is 0 Å². The highest BCUT2D eigenvalue weighted by atomic mass is 16.5. The molecule has 0 N–H and O–H groups in total. The smallest absolute Gasteiger partial charge is 0.329 e. The van der Waals surface area contributed by atoms with E-state index in [1.165, 1.54) is 7.11 Å². The molecule has 0 aliphatic heterocycles. The molecule has 0 saturated carbocycles. The number of ether oxygens (including phenoxy) is 1. The molecule has 1 heterocycles. The van der Waals surface area contributed by atoms with E-state index >= 15 is 0 Å². The van der Waals surface area contributed by atoms with Gasteiger partial charge in [0, 0.05) is 18.4 Å². The Kier molecular flexibility index (Phi) is 2.61. The van der Waals surface area contributed by atoms with Gasteiger partial charge >= 0.3 is 5.97 Å². The molecule has 74 valence electrons. The van der Waals surface area contributed by atoms with Crippen LogP contribution in [0.25, 0.3) is 4.85 Å². The summed E-state index contributed by atoms with van der Waals surface area (Å²) >= 11 is 0. The number of hydrogen-bond acceptors (Lipinski definition) is 2. The summed E-state index contributed by atoms with van der Waals surface area (Å²) in [5.41, 5.74) is 2.32. The molecule has 0 atom stereocenters. The van der Waals surface area contributed by atoms with Crippen LogP contribution in [-0.2, 0) is 11.8 Å². The summed E-state index contributed by atoms with van der Waals surface area (Å²) in [5, 5.41) is 0. The summed E-state index contributed by atoms with van der Waals surface area (Å²) in [6.45, 7) is 10.6. The number of hydrogen-bond donors (Lipinski definition) is 0. The molecule has 4 heteroatoms. The monoisotopic (exact) mass is 192 g/mol. The van der Waals surface area contributed by atoms with Crippen molar-refractivity contribution in [2.45, 2.75) is 13.8 Å². The highest BCUT2D eigenvalue weighted by Crippen LogP contribution is 2.29. The Bertz CT molecular complexity index is 424. The number of carbonyl (C=O) groups is 1. The maximum atomic E-state index is 11.4. The fourth-order valence-corrected chi connectivity index (χ4v) is 1.41. The van der Waals surface area contributed by atoms with E-state index in [0.717, 1.165) is 11.4 Å². The Morgan fingerprint density at radius 3 is 2.43 bits per heavy atom. The average Bonchev–Trinajstić information content (AvgIpc) is 2.41. The maximum Gasteiger partial charge on any atom is 0.329 e. The quantitative estimate of drug-likeness (QED) is 0.503. The molecule has 0 aliphatic carbocycles. The summed E-state index contributed by atoms with van der Waals surface area (Å²) in [7, 11) is 3.14. The first-order chi connectivity index (χ1) is 6.54. The predicted molar refractivity (Wildman–Crippen MR) is 52.5 cm³/mol. The van der Waals surface area contributed by atoms with Gasteiger partial charge in [-0.05, 0) is 13.8 Å². The van der Waals surface area contributed by atoms with Crippen molar-refractivity contribution in [1.29, 1.82) is 0 Å². The maximum absolute atomic E-state index is 11.4. The van der Waals surface area contributed by atoms with Crippen LogP contribution in [0.1, 0.15) is 21.7 Å². The van der Waals surface area contributed by atoms with E-state index in [1.807, 2.05) is 18.5 Å². The zero-order valence-electron chi connectivity index (χ0n) is 8.71. The van der Waals surface area contributed by atoms with E-state index in [-0.39, 0.29) is 0 Å². The van der Waals surface area contributed by atoms with Crippen LogP contribution in [0.4, 0.5) is 5.69 Å². The third-order valence-corrected chi connectivity index (χ3v) is 2.45. The predicted octanol–water partition coefficient (Wildman–Crippen LogP) is 1.98. The SMILES string of the molecule is [C-]#[N+]c1c(C(=O)OC)c(C)n(C)c1C. The Labute approximate surface area is 82.9 Å². The summed E-state index contributed by atoms with van der Waals surface area (Å²) in [6, 6.07) is 0. The van der Waals surface area contributed by atoms with Crippen LogP contribution in [0.3, 0.4) is 0 Å². The molecule has 0 fully saturated rings. The number of carbonyl (C=O) groups excluding carboxylic acids is 1. The Balaban J connectivity index is 3.50. The molecule has 0 aliphatic rings.